The van der Waals surface area contributed by atoms with Crippen LogP contribution < -0.4 is 4.74 Å². The van der Waals surface area contributed by atoms with Crippen LogP contribution in [0, 0.1) is 0 Å². The van der Waals surface area contributed by atoms with Crippen molar-refractivity contribution in [3.8, 4) is 11.5 Å². The molecule has 84 valence electrons. The van der Waals surface area contributed by atoms with Crippen molar-refractivity contribution in [1.82, 2.24) is 0 Å². The number of hydrogen-bond donors (Lipinski definition) is 1. The van der Waals surface area contributed by atoms with Gasteiger partial charge in [-0.2, -0.15) is 0 Å². The van der Waals surface area contributed by atoms with Gasteiger partial charge in [0.05, 0.1) is 5.41 Å². The highest BCUT2D eigenvalue weighted by Gasteiger charge is 2.20. The smallest absolute Gasteiger partial charge is 0.218 e. The first-order valence-electron chi connectivity index (χ1n) is 4.48. The van der Waals surface area contributed by atoms with Crippen molar-refractivity contribution in [2.24, 2.45) is 4.99 Å². The van der Waals surface area contributed by atoms with Gasteiger partial charge in [0.25, 0.3) is 0 Å². The molecule has 1 aromatic carbocycles. The van der Waals surface area contributed by atoms with Crippen molar-refractivity contribution in [3.63, 3.8) is 0 Å². The summed E-state index contributed by atoms with van der Waals surface area (Å²) in [7, 11) is -3.39. The van der Waals surface area contributed by atoms with Crippen LogP contribution in [0.2, 0.25) is 0 Å². The predicted octanol–water partition coefficient (Wildman–Crippen LogP) is 1.07. The number of phenolic OH excluding ortho intramolecular Hbond substituents is 1. The highest BCUT2D eigenvalue weighted by atomic mass is 32.2. The van der Waals surface area contributed by atoms with E-state index in [2.05, 4.69) is 4.99 Å². The summed E-state index contributed by atoms with van der Waals surface area (Å²) in [5, 5.41) is 10.2. The maximum absolute atomic E-state index is 11.3. The molecule has 1 aromatic rings. The van der Waals surface area contributed by atoms with Gasteiger partial charge in [-0.25, -0.2) is 13.4 Å². The number of sulfone groups is 1. The quantitative estimate of drug-likeness (QED) is 0.856. The minimum atomic E-state index is -3.39. The normalized spacial score (nSPS) is 17.1. The molecule has 6 heteroatoms. The summed E-state index contributed by atoms with van der Waals surface area (Å²) in [4.78, 5) is 3.69. The molecular weight excluding hydrogens is 230 g/mol. The van der Waals surface area contributed by atoms with E-state index in [9.17, 15) is 8.42 Å². The minimum Gasteiger partial charge on any atom is -0.508 e. The monoisotopic (exact) mass is 239 g/mol. The molecule has 1 heterocycles. The van der Waals surface area contributed by atoms with Crippen LogP contribution in [0.4, 0.5) is 0 Å². The van der Waals surface area contributed by atoms with E-state index in [-0.39, 0.29) is 17.4 Å². The van der Waals surface area contributed by atoms with Gasteiger partial charge in [-0.1, -0.05) is 6.07 Å². The summed E-state index contributed by atoms with van der Waals surface area (Å²) in [6, 6.07) is 6.12. The molecule has 0 amide bonds. The van der Waals surface area contributed by atoms with Gasteiger partial charge in [0, 0.05) is 12.3 Å². The van der Waals surface area contributed by atoms with Gasteiger partial charge < -0.3 is 9.84 Å². The van der Waals surface area contributed by atoms with Crippen LogP contribution in [0.25, 0.3) is 0 Å². The molecule has 5 nitrogen and oxygen atoms in total. The molecular formula is C10H9NO4S. The zero-order valence-corrected chi connectivity index (χ0v) is 9.02. The Kier molecular flexibility index (Phi) is 2.66. The van der Waals surface area contributed by atoms with Gasteiger partial charge in [-0.15, -0.1) is 0 Å². The lowest BCUT2D eigenvalue weighted by atomic mass is 10.3. The number of hydrogen-bond acceptors (Lipinski definition) is 5. The van der Waals surface area contributed by atoms with Crippen molar-refractivity contribution >= 4 is 14.9 Å². The average Bonchev–Trinajstić information content (AvgIpc) is 2.55. The first-order valence-corrected chi connectivity index (χ1v) is 6.03. The molecule has 0 radical (unpaired) electrons. The molecule has 2 rings (SSSR count). The molecule has 1 N–H and O–H groups in total. The Morgan fingerprint density at radius 3 is 2.81 bits per heavy atom. The second-order valence-electron chi connectivity index (χ2n) is 3.14. The van der Waals surface area contributed by atoms with E-state index in [1.807, 2.05) is 0 Å². The number of nitrogens with zero attached hydrogens (tertiary/aromatic N) is 1. The lowest BCUT2D eigenvalue weighted by Crippen LogP contribution is -2.17. The fourth-order valence-corrected chi connectivity index (χ4v) is 1.99. The maximum atomic E-state index is 11.3. The Labute approximate surface area is 92.6 Å². The first kappa shape index (κ1) is 10.7. The summed E-state index contributed by atoms with van der Waals surface area (Å²) in [5.41, 5.74) is 0. The van der Waals surface area contributed by atoms with Crippen molar-refractivity contribution in [1.29, 1.82) is 0 Å². The third kappa shape index (κ3) is 2.22. The van der Waals surface area contributed by atoms with Crippen molar-refractivity contribution < 1.29 is 18.3 Å². The van der Waals surface area contributed by atoms with E-state index in [0.717, 1.165) is 5.41 Å². The summed E-state index contributed by atoms with van der Waals surface area (Å²) in [5.74, 6) is 0.455. The molecule has 16 heavy (non-hydrogen) atoms. The van der Waals surface area contributed by atoms with Crippen LogP contribution in [-0.2, 0) is 9.84 Å². The zero-order valence-electron chi connectivity index (χ0n) is 8.20. The van der Waals surface area contributed by atoms with Crippen LogP contribution in [0.15, 0.2) is 40.9 Å². The molecule has 0 unspecified atom stereocenters. The number of aromatic hydroxyl groups is 1. The third-order valence-electron chi connectivity index (χ3n) is 1.97. The van der Waals surface area contributed by atoms with Gasteiger partial charge >= 0.3 is 0 Å². The van der Waals surface area contributed by atoms with Crippen LogP contribution >= 0.6 is 0 Å². The second kappa shape index (κ2) is 3.97. The van der Waals surface area contributed by atoms with E-state index in [4.69, 9.17) is 9.84 Å². The number of phenols is 1. The first-order chi connectivity index (χ1) is 7.58. The fourth-order valence-electron chi connectivity index (χ4n) is 1.18. The molecule has 0 bridgehead atoms. The van der Waals surface area contributed by atoms with E-state index < -0.39 is 9.84 Å². The predicted molar refractivity (Wildman–Crippen MR) is 59.1 cm³/mol. The molecule has 0 fully saturated rings. The van der Waals surface area contributed by atoms with E-state index in [0.29, 0.717) is 5.75 Å². The molecule has 1 aliphatic heterocycles. The lowest BCUT2D eigenvalue weighted by molar-refractivity contribution is 0.374. The maximum Gasteiger partial charge on any atom is 0.218 e. The van der Waals surface area contributed by atoms with Gasteiger partial charge in [-0.05, 0) is 12.1 Å². The summed E-state index contributed by atoms with van der Waals surface area (Å²) in [6.07, 6.45) is 1.22. The number of benzene rings is 1. The van der Waals surface area contributed by atoms with Gasteiger partial charge in [0.2, 0.25) is 9.84 Å². The number of rotatable bonds is 3. The fraction of sp³-hybridized carbons (Fsp3) is 0.100. The van der Waals surface area contributed by atoms with Crippen molar-refractivity contribution in [2.45, 2.75) is 0 Å². The summed E-state index contributed by atoms with van der Waals surface area (Å²) >= 11 is 0. The molecule has 0 aliphatic carbocycles. The average molecular weight is 239 g/mol. The van der Waals surface area contributed by atoms with Crippen LogP contribution in [-0.4, -0.2) is 25.2 Å². The van der Waals surface area contributed by atoms with Gasteiger partial charge in [-0.3, -0.25) is 0 Å². The van der Waals surface area contributed by atoms with Crippen LogP contribution in [0.3, 0.4) is 0 Å². The highest BCUT2D eigenvalue weighted by Crippen LogP contribution is 2.18. The number of ether oxygens (including phenoxy) is 1. The SMILES string of the molecule is O=S1(=O)C=CN=C1COc1cccc(O)c1. The standard InChI is InChI=1S/C10H9NO4S/c12-8-2-1-3-9(6-8)15-7-10-11-4-5-16(10,13)14/h1-6,12H,7H2. The summed E-state index contributed by atoms with van der Waals surface area (Å²) in [6.45, 7) is -0.140. The van der Waals surface area contributed by atoms with Crippen LogP contribution in [0.1, 0.15) is 0 Å². The van der Waals surface area contributed by atoms with Gasteiger partial charge in [0.1, 0.15) is 18.1 Å². The van der Waals surface area contributed by atoms with Gasteiger partial charge in [0.15, 0.2) is 5.04 Å². The van der Waals surface area contributed by atoms with Crippen molar-refractivity contribution in [3.05, 3.63) is 35.9 Å². The van der Waals surface area contributed by atoms with E-state index in [1.165, 1.54) is 18.3 Å². The Balaban J connectivity index is 2.04. The Bertz CT molecular complexity index is 560. The second-order valence-corrected chi connectivity index (χ2v) is 4.97. The molecule has 0 atom stereocenters. The van der Waals surface area contributed by atoms with E-state index >= 15 is 0 Å². The summed E-state index contributed by atoms with van der Waals surface area (Å²) < 4.78 is 27.8. The molecule has 1 aliphatic rings. The minimum absolute atomic E-state index is 0.0316. The Morgan fingerprint density at radius 1 is 1.38 bits per heavy atom. The molecule has 0 saturated carbocycles. The molecule has 0 saturated heterocycles. The van der Waals surface area contributed by atoms with Crippen molar-refractivity contribution in [2.75, 3.05) is 6.61 Å². The topological polar surface area (TPSA) is 76.0 Å². The lowest BCUT2D eigenvalue weighted by Gasteiger charge is -2.05. The number of aliphatic imine (C=N–C) groups is 1. The highest BCUT2D eigenvalue weighted by molar-refractivity contribution is 8.09. The molecule has 0 aromatic heterocycles. The zero-order chi connectivity index (χ0) is 11.6. The largest absolute Gasteiger partial charge is 0.508 e. The Morgan fingerprint density at radius 2 is 2.19 bits per heavy atom. The van der Waals surface area contributed by atoms with E-state index in [1.54, 1.807) is 12.1 Å². The Hall–Kier alpha value is -1.82. The van der Waals surface area contributed by atoms with Crippen LogP contribution in [0.5, 0.6) is 11.5 Å². The molecule has 0 spiro atoms. The third-order valence-corrected chi connectivity index (χ3v) is 3.33.